The van der Waals surface area contributed by atoms with E-state index < -0.39 is 0 Å². The third kappa shape index (κ3) is 3.41. The molecule has 2 unspecified atom stereocenters. The molecule has 2 atom stereocenters. The number of hydrogen-bond acceptors (Lipinski definition) is 3. The number of hydrogen-bond donors (Lipinski definition) is 1. The van der Waals surface area contributed by atoms with Crippen molar-refractivity contribution in [1.82, 2.24) is 4.90 Å². The minimum absolute atomic E-state index is 0.639. The van der Waals surface area contributed by atoms with Crippen LogP contribution < -0.4 is 10.5 Å². The van der Waals surface area contributed by atoms with E-state index in [9.17, 15) is 0 Å². The Bertz CT molecular complexity index is 409. The molecule has 0 radical (unpaired) electrons. The molecule has 106 valence electrons. The standard InChI is InChI=1S/C16H26N2O/c1-4-19-16-9-8-15(17)10-14(16)11-18-12(2)6-5-7-13(18)3/h8-10,12-13H,4-7,11,17H2,1-3H3. The fraction of sp³-hybridized carbons (Fsp3) is 0.625. The lowest BCUT2D eigenvalue weighted by Crippen LogP contribution is -2.43. The molecule has 1 aliphatic rings. The Morgan fingerprint density at radius 1 is 1.26 bits per heavy atom. The van der Waals surface area contributed by atoms with Gasteiger partial charge in [-0.1, -0.05) is 6.42 Å². The quantitative estimate of drug-likeness (QED) is 0.845. The topological polar surface area (TPSA) is 38.5 Å². The maximum atomic E-state index is 5.92. The van der Waals surface area contributed by atoms with Crippen molar-refractivity contribution < 1.29 is 4.74 Å². The van der Waals surface area contributed by atoms with Crippen LogP contribution in [0, 0.1) is 0 Å². The van der Waals surface area contributed by atoms with Gasteiger partial charge in [0.25, 0.3) is 0 Å². The van der Waals surface area contributed by atoms with Crippen LogP contribution in [-0.4, -0.2) is 23.6 Å². The molecule has 1 aromatic rings. The highest BCUT2D eigenvalue weighted by Gasteiger charge is 2.25. The van der Waals surface area contributed by atoms with E-state index >= 15 is 0 Å². The highest BCUT2D eigenvalue weighted by atomic mass is 16.5. The summed E-state index contributed by atoms with van der Waals surface area (Å²) in [4.78, 5) is 2.57. The Kier molecular flexibility index (Phi) is 4.70. The van der Waals surface area contributed by atoms with E-state index in [1.54, 1.807) is 0 Å². The first-order valence-corrected chi connectivity index (χ1v) is 7.38. The van der Waals surface area contributed by atoms with E-state index in [2.05, 4.69) is 24.8 Å². The molecule has 3 heteroatoms. The SMILES string of the molecule is CCOc1ccc(N)cc1CN1C(C)CCCC1C. The number of likely N-dealkylation sites (tertiary alicyclic amines) is 1. The summed E-state index contributed by atoms with van der Waals surface area (Å²) in [6, 6.07) is 7.24. The van der Waals surface area contributed by atoms with Gasteiger partial charge in [-0.25, -0.2) is 0 Å². The number of piperidine rings is 1. The van der Waals surface area contributed by atoms with Gasteiger partial charge >= 0.3 is 0 Å². The number of nitrogen functional groups attached to an aromatic ring is 1. The Balaban J connectivity index is 2.18. The molecular formula is C16H26N2O. The van der Waals surface area contributed by atoms with Gasteiger partial charge in [-0.2, -0.15) is 0 Å². The van der Waals surface area contributed by atoms with Crippen molar-refractivity contribution in [2.45, 2.75) is 58.7 Å². The molecule has 1 fully saturated rings. The van der Waals surface area contributed by atoms with Crippen molar-refractivity contribution >= 4 is 5.69 Å². The monoisotopic (exact) mass is 262 g/mol. The Morgan fingerprint density at radius 2 is 1.95 bits per heavy atom. The fourth-order valence-corrected chi connectivity index (χ4v) is 3.00. The number of anilines is 1. The lowest BCUT2D eigenvalue weighted by molar-refractivity contribution is 0.0941. The molecule has 19 heavy (non-hydrogen) atoms. The molecule has 0 aromatic heterocycles. The third-order valence-corrected chi connectivity index (χ3v) is 4.11. The van der Waals surface area contributed by atoms with Crippen LogP contribution >= 0.6 is 0 Å². The Labute approximate surface area is 116 Å². The Hall–Kier alpha value is -1.22. The summed E-state index contributed by atoms with van der Waals surface area (Å²) >= 11 is 0. The van der Waals surface area contributed by atoms with Gasteiger partial charge in [-0.3, -0.25) is 4.90 Å². The number of rotatable bonds is 4. The molecule has 1 aromatic carbocycles. The van der Waals surface area contributed by atoms with E-state index in [1.165, 1.54) is 24.8 Å². The van der Waals surface area contributed by atoms with Crippen LogP contribution in [0.5, 0.6) is 5.75 Å². The van der Waals surface area contributed by atoms with Gasteiger partial charge in [0.15, 0.2) is 0 Å². The van der Waals surface area contributed by atoms with Crippen LogP contribution in [-0.2, 0) is 6.54 Å². The second-order valence-corrected chi connectivity index (χ2v) is 5.60. The zero-order chi connectivity index (χ0) is 13.8. The van der Waals surface area contributed by atoms with Gasteiger partial charge in [0, 0.05) is 29.9 Å². The van der Waals surface area contributed by atoms with Crippen LogP contribution in [0.1, 0.15) is 45.6 Å². The van der Waals surface area contributed by atoms with Gasteiger partial charge in [-0.15, -0.1) is 0 Å². The lowest BCUT2D eigenvalue weighted by atomic mass is 9.96. The van der Waals surface area contributed by atoms with Crippen molar-refractivity contribution in [1.29, 1.82) is 0 Å². The number of nitrogens with two attached hydrogens (primary N) is 1. The average Bonchev–Trinajstić information content (AvgIpc) is 2.37. The molecule has 0 amide bonds. The minimum Gasteiger partial charge on any atom is -0.494 e. The molecule has 1 heterocycles. The summed E-state index contributed by atoms with van der Waals surface area (Å²) in [5.41, 5.74) is 7.95. The van der Waals surface area contributed by atoms with Gasteiger partial charge in [-0.05, 0) is 51.8 Å². The highest BCUT2D eigenvalue weighted by molar-refractivity contribution is 5.47. The van der Waals surface area contributed by atoms with Gasteiger partial charge < -0.3 is 10.5 Å². The van der Waals surface area contributed by atoms with Crippen LogP contribution in [0.15, 0.2) is 18.2 Å². The zero-order valence-electron chi connectivity index (χ0n) is 12.4. The molecule has 2 N–H and O–H groups in total. The van der Waals surface area contributed by atoms with Crippen molar-refractivity contribution in [2.75, 3.05) is 12.3 Å². The average molecular weight is 262 g/mol. The summed E-state index contributed by atoms with van der Waals surface area (Å²) < 4.78 is 5.72. The first-order chi connectivity index (χ1) is 9.11. The van der Waals surface area contributed by atoms with Gasteiger partial charge in [0.2, 0.25) is 0 Å². The maximum Gasteiger partial charge on any atom is 0.123 e. The van der Waals surface area contributed by atoms with Crippen LogP contribution in [0.3, 0.4) is 0 Å². The molecule has 2 rings (SSSR count). The highest BCUT2D eigenvalue weighted by Crippen LogP contribution is 2.29. The molecule has 0 spiro atoms. The second-order valence-electron chi connectivity index (χ2n) is 5.60. The van der Waals surface area contributed by atoms with Crippen molar-refractivity contribution in [2.24, 2.45) is 0 Å². The smallest absolute Gasteiger partial charge is 0.123 e. The first-order valence-electron chi connectivity index (χ1n) is 7.38. The summed E-state index contributed by atoms with van der Waals surface area (Å²) in [7, 11) is 0. The lowest BCUT2D eigenvalue weighted by Gasteiger charge is -2.39. The van der Waals surface area contributed by atoms with Crippen LogP contribution in [0.4, 0.5) is 5.69 Å². The van der Waals surface area contributed by atoms with E-state index in [4.69, 9.17) is 10.5 Å². The van der Waals surface area contributed by atoms with Crippen LogP contribution in [0.25, 0.3) is 0 Å². The third-order valence-electron chi connectivity index (χ3n) is 4.11. The Morgan fingerprint density at radius 3 is 2.58 bits per heavy atom. The van der Waals surface area contributed by atoms with Gasteiger partial charge in [0.1, 0.15) is 5.75 Å². The molecule has 0 bridgehead atoms. The normalized spacial score (nSPS) is 24.4. The summed E-state index contributed by atoms with van der Waals surface area (Å²) in [5.74, 6) is 0.974. The van der Waals surface area contributed by atoms with E-state index in [0.717, 1.165) is 18.0 Å². The molecular weight excluding hydrogens is 236 g/mol. The molecule has 3 nitrogen and oxygen atoms in total. The van der Waals surface area contributed by atoms with Crippen molar-refractivity contribution in [3.63, 3.8) is 0 Å². The largest absolute Gasteiger partial charge is 0.494 e. The summed E-state index contributed by atoms with van der Waals surface area (Å²) in [5, 5.41) is 0. The van der Waals surface area contributed by atoms with E-state index in [-0.39, 0.29) is 0 Å². The first kappa shape index (κ1) is 14.2. The van der Waals surface area contributed by atoms with E-state index in [1.807, 2.05) is 19.1 Å². The van der Waals surface area contributed by atoms with Gasteiger partial charge in [0.05, 0.1) is 6.61 Å². The van der Waals surface area contributed by atoms with Crippen LogP contribution in [0.2, 0.25) is 0 Å². The molecule has 1 saturated heterocycles. The number of nitrogens with zero attached hydrogens (tertiary/aromatic N) is 1. The number of benzene rings is 1. The molecule has 1 aliphatic heterocycles. The minimum atomic E-state index is 0.639. The van der Waals surface area contributed by atoms with E-state index in [0.29, 0.717) is 18.7 Å². The summed E-state index contributed by atoms with van der Waals surface area (Å²) in [6.07, 6.45) is 3.92. The maximum absolute atomic E-state index is 5.92. The zero-order valence-corrected chi connectivity index (χ0v) is 12.4. The molecule has 0 aliphatic carbocycles. The van der Waals surface area contributed by atoms with Crippen molar-refractivity contribution in [3.05, 3.63) is 23.8 Å². The summed E-state index contributed by atoms with van der Waals surface area (Å²) in [6.45, 7) is 8.29. The predicted molar refractivity (Wildman–Crippen MR) is 80.3 cm³/mol. The second kappa shape index (κ2) is 6.29. The predicted octanol–water partition coefficient (Wildman–Crippen LogP) is 3.43. The molecule has 0 saturated carbocycles. The fourth-order valence-electron chi connectivity index (χ4n) is 3.00. The van der Waals surface area contributed by atoms with Crippen molar-refractivity contribution in [3.8, 4) is 5.75 Å². The number of ether oxygens (including phenoxy) is 1.